The van der Waals surface area contributed by atoms with Crippen LogP contribution in [0.4, 0.5) is 5.69 Å². The fraction of sp³-hybridized carbons (Fsp3) is 0.462. The molecule has 43 heavy (non-hydrogen) atoms. The topological polar surface area (TPSA) is 52.5 Å². The number of alkyl halides is 12. The van der Waals surface area contributed by atoms with Gasteiger partial charge in [0.1, 0.15) is 11.4 Å². The molecule has 1 fully saturated rings. The van der Waals surface area contributed by atoms with Gasteiger partial charge in [0.15, 0.2) is 11.3 Å². The minimum absolute atomic E-state index is 0.427. The van der Waals surface area contributed by atoms with Gasteiger partial charge in [-0.1, -0.05) is 151 Å². The van der Waals surface area contributed by atoms with E-state index in [0.717, 1.165) is 29.9 Å². The summed E-state index contributed by atoms with van der Waals surface area (Å²) in [4.78, 5) is 2.22. The molecule has 3 N–H and O–H groups in total. The number of halogens is 12. The summed E-state index contributed by atoms with van der Waals surface area (Å²) in [6, 6.07) is 9.37. The summed E-state index contributed by atoms with van der Waals surface area (Å²) in [5, 5.41) is 8.87. The van der Waals surface area contributed by atoms with Crippen LogP contribution in [0.2, 0.25) is 0 Å². The van der Waals surface area contributed by atoms with Crippen molar-refractivity contribution in [1.29, 1.82) is 0 Å². The van der Waals surface area contributed by atoms with Crippen molar-refractivity contribution in [3.05, 3.63) is 65.6 Å². The fourth-order valence-electron chi connectivity index (χ4n) is 4.56. The highest BCUT2D eigenvalue weighted by Gasteiger charge is 2.75. The Balaban J connectivity index is 2.37. The van der Waals surface area contributed by atoms with E-state index in [1.54, 1.807) is 36.4 Å². The molecule has 5 nitrogen and oxygen atoms in total. The molecule has 1 saturated heterocycles. The predicted octanol–water partition coefficient (Wildman–Crippen LogP) is 10.5. The Labute approximate surface area is 311 Å². The molecule has 3 rings (SSSR count). The van der Waals surface area contributed by atoms with Crippen LogP contribution in [0.5, 0.6) is 0 Å². The van der Waals surface area contributed by atoms with E-state index < -0.39 is 32.2 Å². The molecule has 0 saturated carbocycles. The lowest BCUT2D eigenvalue weighted by Crippen LogP contribution is -2.94. The lowest BCUT2D eigenvalue weighted by atomic mass is 9.94. The molecule has 240 valence electrons. The van der Waals surface area contributed by atoms with Crippen molar-refractivity contribution in [2.75, 3.05) is 18.0 Å². The van der Waals surface area contributed by atoms with Crippen LogP contribution in [-0.4, -0.2) is 45.2 Å². The van der Waals surface area contributed by atoms with Gasteiger partial charge in [-0.2, -0.15) is 0 Å². The average molecular weight is 836 g/mol. The molecule has 17 heteroatoms. The number of nitrogens with zero attached hydrogens (tertiary/aromatic N) is 1. The normalized spacial score (nSPS) is 19.3. The molecule has 0 amide bonds. The van der Waals surface area contributed by atoms with E-state index >= 15 is 0 Å². The summed E-state index contributed by atoms with van der Waals surface area (Å²) in [7, 11) is 0. The number of nitrogens with one attached hydrogen (secondary N) is 3. The summed E-state index contributed by atoms with van der Waals surface area (Å²) < 4.78 is -4.48. The second kappa shape index (κ2) is 13.9. The standard InChI is InChI=1S/C26H26Cl12N4O/c1-4-42(5-2)18-9-8-17(16(3)15-18)10-12-20(13-11-19-7-6-14-43-19)39-21(23(27,28)29,24(30,31)32)41-22(40-20,25(33,34)35)26(36,37)38/h6-15,39-41H,4-5H2,1-3H3. The van der Waals surface area contributed by atoms with Gasteiger partial charge >= 0.3 is 0 Å². The van der Waals surface area contributed by atoms with Crippen LogP contribution in [0.1, 0.15) is 30.7 Å². The van der Waals surface area contributed by atoms with Crippen molar-refractivity contribution in [2.24, 2.45) is 0 Å². The highest BCUT2D eigenvalue weighted by molar-refractivity contribution is 6.75. The van der Waals surface area contributed by atoms with Gasteiger partial charge < -0.3 is 9.32 Å². The van der Waals surface area contributed by atoms with Crippen molar-refractivity contribution < 1.29 is 4.42 Å². The molecule has 1 aromatic carbocycles. The number of hydrogen-bond acceptors (Lipinski definition) is 5. The summed E-state index contributed by atoms with van der Waals surface area (Å²) in [6.45, 7) is 7.82. The Hall–Kier alpha value is 1.14. The molecule has 1 aliphatic heterocycles. The molecular weight excluding hydrogens is 810 g/mol. The number of aryl methyl sites for hydroxylation is 1. The first-order valence-electron chi connectivity index (χ1n) is 12.5. The minimum atomic E-state index is -2.49. The lowest BCUT2D eigenvalue weighted by molar-refractivity contribution is 0.0366. The molecule has 0 unspecified atom stereocenters. The Bertz CT molecular complexity index is 1240. The van der Waals surface area contributed by atoms with Gasteiger partial charge in [-0.15, -0.1) is 0 Å². The third-order valence-electron chi connectivity index (χ3n) is 6.83. The summed E-state index contributed by atoms with van der Waals surface area (Å²) in [6.07, 6.45) is 7.99. The van der Waals surface area contributed by atoms with E-state index in [1.807, 2.05) is 19.1 Å². The summed E-state index contributed by atoms with van der Waals surface area (Å²) >= 11 is 78.2. The lowest BCUT2D eigenvalue weighted by Gasteiger charge is -2.63. The molecule has 0 bridgehead atoms. The van der Waals surface area contributed by atoms with E-state index in [1.165, 1.54) is 6.26 Å². The molecule has 2 aromatic rings. The van der Waals surface area contributed by atoms with Gasteiger partial charge in [-0.3, -0.25) is 16.0 Å². The first-order valence-corrected chi connectivity index (χ1v) is 17.0. The van der Waals surface area contributed by atoms with Crippen LogP contribution in [0.25, 0.3) is 12.2 Å². The SMILES string of the molecule is CCN(CC)c1ccc(C=CC2(C=Cc3ccco3)NC(C(Cl)(Cl)Cl)(C(Cl)(Cl)Cl)NC(C(Cl)(Cl)Cl)(C(Cl)(Cl)Cl)N2)c(C)c1. The third kappa shape index (κ3) is 8.07. The van der Waals surface area contributed by atoms with Gasteiger partial charge in [0, 0.05) is 18.8 Å². The van der Waals surface area contributed by atoms with E-state index in [0.29, 0.717) is 5.76 Å². The maximum Gasteiger partial charge on any atom is 0.225 e. The molecule has 0 radical (unpaired) electrons. The number of anilines is 1. The predicted molar refractivity (Wildman–Crippen MR) is 190 cm³/mol. The maximum atomic E-state index is 6.52. The van der Waals surface area contributed by atoms with Crippen LogP contribution in [0.3, 0.4) is 0 Å². The molecule has 0 spiro atoms. The van der Waals surface area contributed by atoms with E-state index in [9.17, 15) is 0 Å². The van der Waals surface area contributed by atoms with Crippen molar-refractivity contribution in [3.8, 4) is 0 Å². The molecular formula is C26H26Cl12N4O. The van der Waals surface area contributed by atoms with Gasteiger partial charge in [0.2, 0.25) is 15.2 Å². The van der Waals surface area contributed by atoms with Gasteiger partial charge in [0.25, 0.3) is 0 Å². The number of rotatable bonds is 7. The Morgan fingerprint density at radius 2 is 1.21 bits per heavy atom. The summed E-state index contributed by atoms with van der Waals surface area (Å²) in [5.41, 5.74) is -3.71. The Morgan fingerprint density at radius 1 is 0.721 bits per heavy atom. The number of furan rings is 1. The zero-order chi connectivity index (χ0) is 32.7. The molecule has 2 heterocycles. The van der Waals surface area contributed by atoms with Crippen LogP contribution in [-0.2, 0) is 0 Å². The summed E-state index contributed by atoms with van der Waals surface area (Å²) in [5.74, 6) is 0.427. The quantitative estimate of drug-likeness (QED) is 0.243. The molecule has 0 aliphatic carbocycles. The van der Waals surface area contributed by atoms with Crippen molar-refractivity contribution >= 4 is 157 Å². The van der Waals surface area contributed by atoms with Gasteiger partial charge in [-0.05, 0) is 74.4 Å². The number of hydrogen-bond donors (Lipinski definition) is 3. The van der Waals surface area contributed by atoms with Crippen molar-refractivity contribution in [3.63, 3.8) is 0 Å². The third-order valence-corrected chi connectivity index (χ3v) is 10.2. The second-order valence-corrected chi connectivity index (χ2v) is 18.8. The Kier molecular flexibility index (Phi) is 12.5. The van der Waals surface area contributed by atoms with Crippen LogP contribution in [0, 0.1) is 6.92 Å². The van der Waals surface area contributed by atoms with Crippen LogP contribution >= 0.6 is 139 Å². The first kappa shape index (κ1) is 38.6. The largest absolute Gasteiger partial charge is 0.465 e. The zero-order valence-corrected chi connectivity index (χ0v) is 31.6. The minimum Gasteiger partial charge on any atom is -0.465 e. The molecule has 0 atom stereocenters. The van der Waals surface area contributed by atoms with E-state index in [-0.39, 0.29) is 0 Å². The molecule has 1 aliphatic rings. The highest BCUT2D eigenvalue weighted by atomic mass is 35.6. The fourth-order valence-corrected chi connectivity index (χ4v) is 8.26. The van der Waals surface area contributed by atoms with Gasteiger partial charge in [0.05, 0.1) is 6.26 Å². The van der Waals surface area contributed by atoms with Gasteiger partial charge in [-0.25, -0.2) is 0 Å². The average Bonchev–Trinajstić information content (AvgIpc) is 3.39. The number of benzene rings is 1. The smallest absolute Gasteiger partial charge is 0.225 e. The van der Waals surface area contributed by atoms with E-state index in [4.69, 9.17) is 144 Å². The Morgan fingerprint density at radius 3 is 1.60 bits per heavy atom. The second-order valence-electron chi connectivity index (χ2n) is 9.63. The monoisotopic (exact) mass is 830 g/mol. The van der Waals surface area contributed by atoms with Crippen LogP contribution in [0.15, 0.2) is 53.2 Å². The van der Waals surface area contributed by atoms with E-state index in [2.05, 4.69) is 40.8 Å². The first-order chi connectivity index (χ1) is 19.6. The van der Waals surface area contributed by atoms with Crippen molar-refractivity contribution in [1.82, 2.24) is 16.0 Å². The van der Waals surface area contributed by atoms with Crippen molar-refractivity contribution in [2.45, 2.75) is 52.9 Å². The highest BCUT2D eigenvalue weighted by Crippen LogP contribution is 2.59. The van der Waals surface area contributed by atoms with Crippen LogP contribution < -0.4 is 20.9 Å². The molecule has 1 aromatic heterocycles. The zero-order valence-electron chi connectivity index (χ0n) is 22.6. The maximum absolute atomic E-state index is 6.52.